The molecule has 3 heteroatoms. The molecule has 1 heterocycles. The minimum atomic E-state index is -0.404. The largest absolute Gasteiger partial charge is 0.497 e. The second-order valence-electron chi connectivity index (χ2n) is 7.00. The molecule has 0 aliphatic carbocycles. The fourth-order valence-electron chi connectivity index (χ4n) is 4.11. The van der Waals surface area contributed by atoms with E-state index in [4.69, 9.17) is 4.74 Å². The second kappa shape index (κ2) is 8.01. The summed E-state index contributed by atoms with van der Waals surface area (Å²) in [7, 11) is 1.69. The van der Waals surface area contributed by atoms with Gasteiger partial charge in [0.2, 0.25) is 0 Å². The Hall–Kier alpha value is -2.88. The van der Waals surface area contributed by atoms with E-state index in [1.807, 2.05) is 18.2 Å². The third kappa shape index (κ3) is 3.24. The number of rotatable bonds is 7. The summed E-state index contributed by atoms with van der Waals surface area (Å²) in [6, 6.07) is 29.9. The van der Waals surface area contributed by atoms with Crippen LogP contribution in [0.25, 0.3) is 0 Å². The summed E-state index contributed by atoms with van der Waals surface area (Å²) in [4.78, 5) is 2.48. The number of aliphatic hydroxyl groups is 1. The predicted octanol–water partition coefficient (Wildman–Crippen LogP) is 4.22. The van der Waals surface area contributed by atoms with Crippen molar-refractivity contribution >= 4 is 0 Å². The van der Waals surface area contributed by atoms with Gasteiger partial charge in [-0.2, -0.15) is 0 Å². The summed E-state index contributed by atoms with van der Waals surface area (Å²) in [5, 5.41) is 9.22. The van der Waals surface area contributed by atoms with Crippen LogP contribution in [0.15, 0.2) is 97.1 Å². The van der Waals surface area contributed by atoms with Crippen molar-refractivity contribution in [3.8, 4) is 5.75 Å². The van der Waals surface area contributed by atoms with Gasteiger partial charge in [0, 0.05) is 12.6 Å². The standard InChI is InChI=1S/C25H25NO2/c1-28-24-16-14-22(15-17-24)25(20-9-4-2-5-10-20,21-11-6-3-7-12-21)26-19-23(26)13-8-18-27/h2-17,23,27H,18-19H2,1H3/b13-8+/t23-,26?/m1/s1. The lowest BCUT2D eigenvalue weighted by atomic mass is 9.76. The van der Waals surface area contributed by atoms with Crippen molar-refractivity contribution < 1.29 is 9.84 Å². The first kappa shape index (κ1) is 18.5. The molecule has 0 radical (unpaired) electrons. The molecule has 3 nitrogen and oxygen atoms in total. The first-order valence-electron chi connectivity index (χ1n) is 9.60. The molecule has 1 aliphatic rings. The monoisotopic (exact) mass is 371 g/mol. The molecule has 28 heavy (non-hydrogen) atoms. The van der Waals surface area contributed by atoms with Crippen LogP contribution in [0.2, 0.25) is 0 Å². The molecule has 4 rings (SSSR count). The van der Waals surface area contributed by atoms with Gasteiger partial charge in [0.05, 0.1) is 19.3 Å². The van der Waals surface area contributed by atoms with Gasteiger partial charge in [-0.05, 0) is 28.8 Å². The van der Waals surface area contributed by atoms with Gasteiger partial charge in [-0.25, -0.2) is 0 Å². The maximum absolute atomic E-state index is 9.22. The van der Waals surface area contributed by atoms with Crippen molar-refractivity contribution in [3.63, 3.8) is 0 Å². The van der Waals surface area contributed by atoms with Gasteiger partial charge in [-0.1, -0.05) is 84.9 Å². The van der Waals surface area contributed by atoms with Crippen LogP contribution in [0.3, 0.4) is 0 Å². The van der Waals surface area contributed by atoms with Crippen LogP contribution in [0.1, 0.15) is 16.7 Å². The van der Waals surface area contributed by atoms with Crippen LogP contribution in [0.4, 0.5) is 0 Å². The van der Waals surface area contributed by atoms with E-state index in [1.54, 1.807) is 7.11 Å². The van der Waals surface area contributed by atoms with Gasteiger partial charge in [0.1, 0.15) is 5.75 Å². The molecule has 0 saturated carbocycles. The van der Waals surface area contributed by atoms with Crippen molar-refractivity contribution in [2.24, 2.45) is 0 Å². The number of aliphatic hydroxyl groups excluding tert-OH is 1. The van der Waals surface area contributed by atoms with Crippen molar-refractivity contribution in [1.29, 1.82) is 0 Å². The topological polar surface area (TPSA) is 32.5 Å². The van der Waals surface area contributed by atoms with Gasteiger partial charge in [-0.3, -0.25) is 4.90 Å². The van der Waals surface area contributed by atoms with Gasteiger partial charge >= 0.3 is 0 Å². The third-order valence-electron chi connectivity index (χ3n) is 5.44. The Kier molecular flexibility index (Phi) is 5.29. The van der Waals surface area contributed by atoms with Crippen molar-refractivity contribution in [3.05, 3.63) is 114 Å². The molecule has 1 unspecified atom stereocenters. The third-order valence-corrected chi connectivity index (χ3v) is 5.44. The first-order valence-corrected chi connectivity index (χ1v) is 9.60. The fourth-order valence-corrected chi connectivity index (χ4v) is 4.11. The molecule has 3 aromatic carbocycles. The van der Waals surface area contributed by atoms with Crippen LogP contribution in [-0.4, -0.2) is 36.3 Å². The number of ether oxygens (including phenoxy) is 1. The molecular weight excluding hydrogens is 346 g/mol. The quantitative estimate of drug-likeness (QED) is 0.383. The van der Waals surface area contributed by atoms with Gasteiger partial charge in [0.25, 0.3) is 0 Å². The lowest BCUT2D eigenvalue weighted by molar-refractivity contribution is 0.329. The minimum absolute atomic E-state index is 0.0660. The summed E-state index contributed by atoms with van der Waals surface area (Å²) >= 11 is 0. The molecular formula is C25H25NO2. The van der Waals surface area contributed by atoms with E-state index in [2.05, 4.69) is 83.8 Å². The minimum Gasteiger partial charge on any atom is -0.497 e. The number of methoxy groups -OCH3 is 1. The normalized spacial score (nSPS) is 18.9. The molecule has 1 saturated heterocycles. The molecule has 3 aromatic rings. The number of nitrogens with zero attached hydrogens (tertiary/aromatic N) is 1. The SMILES string of the molecule is COc1ccc(C(c2ccccc2)(c2ccccc2)N2C[C@H]2/C=C/CO)cc1. The van der Waals surface area contributed by atoms with Gasteiger partial charge < -0.3 is 9.84 Å². The van der Waals surface area contributed by atoms with Crippen LogP contribution in [0, 0.1) is 0 Å². The Bertz CT molecular complexity index is 880. The predicted molar refractivity (Wildman–Crippen MR) is 112 cm³/mol. The summed E-state index contributed by atoms with van der Waals surface area (Å²) < 4.78 is 5.39. The van der Waals surface area contributed by atoms with E-state index in [0.29, 0.717) is 0 Å². The summed E-state index contributed by atoms with van der Waals surface area (Å²) in [5.41, 5.74) is 3.25. The second-order valence-corrected chi connectivity index (χ2v) is 7.00. The average molecular weight is 371 g/mol. The Labute approximate surface area is 166 Å². The van der Waals surface area contributed by atoms with Crippen LogP contribution >= 0.6 is 0 Å². The smallest absolute Gasteiger partial charge is 0.118 e. The Morgan fingerprint density at radius 1 is 0.893 bits per heavy atom. The zero-order valence-electron chi connectivity index (χ0n) is 16.0. The van der Waals surface area contributed by atoms with E-state index in [9.17, 15) is 5.11 Å². The molecule has 1 fully saturated rings. The Morgan fingerprint density at radius 2 is 1.43 bits per heavy atom. The van der Waals surface area contributed by atoms with E-state index in [-0.39, 0.29) is 12.6 Å². The van der Waals surface area contributed by atoms with Gasteiger partial charge in [0.15, 0.2) is 0 Å². The number of benzene rings is 3. The maximum Gasteiger partial charge on any atom is 0.118 e. The van der Waals surface area contributed by atoms with Crippen molar-refractivity contribution in [2.45, 2.75) is 11.6 Å². The lowest BCUT2D eigenvalue weighted by Gasteiger charge is -2.38. The highest BCUT2D eigenvalue weighted by atomic mass is 16.5. The molecule has 1 aliphatic heterocycles. The molecule has 142 valence electrons. The molecule has 0 spiro atoms. The summed E-state index contributed by atoms with van der Waals surface area (Å²) in [5.74, 6) is 0.848. The molecule has 0 aromatic heterocycles. The highest BCUT2D eigenvalue weighted by Gasteiger charge is 2.52. The summed E-state index contributed by atoms with van der Waals surface area (Å²) in [6.45, 7) is 1.00. The number of hydrogen-bond donors (Lipinski definition) is 1. The zero-order valence-corrected chi connectivity index (χ0v) is 16.0. The van der Waals surface area contributed by atoms with Crippen LogP contribution in [0.5, 0.6) is 5.75 Å². The highest BCUT2D eigenvalue weighted by Crippen LogP contribution is 2.48. The molecule has 0 bridgehead atoms. The molecule has 2 atom stereocenters. The van der Waals surface area contributed by atoms with Crippen LogP contribution < -0.4 is 4.74 Å². The molecule has 0 amide bonds. The first-order chi connectivity index (χ1) is 13.8. The van der Waals surface area contributed by atoms with Crippen molar-refractivity contribution in [1.82, 2.24) is 4.90 Å². The average Bonchev–Trinajstić information content (AvgIpc) is 3.55. The Morgan fingerprint density at radius 3 is 1.93 bits per heavy atom. The van der Waals surface area contributed by atoms with E-state index < -0.39 is 5.54 Å². The van der Waals surface area contributed by atoms with Gasteiger partial charge in [-0.15, -0.1) is 0 Å². The zero-order chi connectivity index (χ0) is 19.4. The van der Waals surface area contributed by atoms with Crippen LogP contribution in [-0.2, 0) is 5.54 Å². The fraction of sp³-hybridized carbons (Fsp3) is 0.200. The lowest BCUT2D eigenvalue weighted by Crippen LogP contribution is -2.38. The van der Waals surface area contributed by atoms with E-state index in [1.165, 1.54) is 16.7 Å². The van der Waals surface area contributed by atoms with E-state index >= 15 is 0 Å². The van der Waals surface area contributed by atoms with Crippen molar-refractivity contribution in [2.75, 3.05) is 20.3 Å². The van der Waals surface area contributed by atoms with E-state index in [0.717, 1.165) is 12.3 Å². The number of hydrogen-bond acceptors (Lipinski definition) is 3. The highest BCUT2D eigenvalue weighted by molar-refractivity contribution is 5.52. The molecule has 1 N–H and O–H groups in total. The Balaban J connectivity index is 1.93. The summed E-state index contributed by atoms with van der Waals surface area (Å²) in [6.07, 6.45) is 3.93. The maximum atomic E-state index is 9.22.